The zero-order valence-corrected chi connectivity index (χ0v) is 10.2. The summed E-state index contributed by atoms with van der Waals surface area (Å²) in [7, 11) is 0. The van der Waals surface area contributed by atoms with Crippen molar-refractivity contribution in [3.63, 3.8) is 0 Å². The largest absolute Gasteiger partial charge is 0.476 e. The van der Waals surface area contributed by atoms with Crippen LogP contribution in [-0.2, 0) is 0 Å². The molecule has 0 unspecified atom stereocenters. The third kappa shape index (κ3) is 2.58. The Balaban J connectivity index is 2.30. The van der Waals surface area contributed by atoms with Gasteiger partial charge in [-0.25, -0.2) is 9.78 Å². The van der Waals surface area contributed by atoms with Crippen molar-refractivity contribution < 1.29 is 9.90 Å². The monoisotopic (exact) mass is 252 g/mol. The van der Waals surface area contributed by atoms with E-state index >= 15 is 0 Å². The number of nitrogens with zero attached hydrogens (tertiary/aromatic N) is 2. The number of anilines is 1. The van der Waals surface area contributed by atoms with Crippen LogP contribution in [0.25, 0.3) is 0 Å². The Labute approximate surface area is 105 Å². The lowest BCUT2D eigenvalue weighted by atomic mass is 10.1. The van der Waals surface area contributed by atoms with Crippen LogP contribution in [0.5, 0.6) is 0 Å². The summed E-state index contributed by atoms with van der Waals surface area (Å²) >= 11 is 5.79. The van der Waals surface area contributed by atoms with Crippen LogP contribution in [-0.4, -0.2) is 29.1 Å². The van der Waals surface area contributed by atoms with Crippen molar-refractivity contribution in [2.75, 3.05) is 18.0 Å². The van der Waals surface area contributed by atoms with Gasteiger partial charge in [0.25, 0.3) is 0 Å². The third-order valence-corrected chi connectivity index (χ3v) is 2.99. The summed E-state index contributed by atoms with van der Waals surface area (Å²) < 4.78 is 0. The number of hydrogen-bond donors (Lipinski definition) is 1. The molecule has 0 atom stereocenters. The van der Waals surface area contributed by atoms with Crippen LogP contribution in [0.4, 0.5) is 5.82 Å². The maximum absolute atomic E-state index is 10.9. The van der Waals surface area contributed by atoms with Gasteiger partial charge in [0.05, 0.1) is 5.02 Å². The normalized spacial score (nSPS) is 15.6. The molecule has 0 saturated heterocycles. The number of aromatic nitrogens is 1. The van der Waals surface area contributed by atoms with Crippen molar-refractivity contribution in [2.24, 2.45) is 0 Å². The van der Waals surface area contributed by atoms with Crippen LogP contribution < -0.4 is 4.90 Å². The van der Waals surface area contributed by atoms with Gasteiger partial charge in [0.1, 0.15) is 5.82 Å². The minimum Gasteiger partial charge on any atom is -0.476 e. The molecule has 1 aliphatic heterocycles. The van der Waals surface area contributed by atoms with Crippen LogP contribution in [0.3, 0.4) is 0 Å². The zero-order chi connectivity index (χ0) is 12.4. The number of carbonyl (C=O) groups is 1. The summed E-state index contributed by atoms with van der Waals surface area (Å²) in [5.74, 6) is -0.430. The lowest BCUT2D eigenvalue weighted by molar-refractivity contribution is 0.0691. The molecule has 0 spiro atoms. The third-order valence-electron chi connectivity index (χ3n) is 2.69. The van der Waals surface area contributed by atoms with E-state index in [1.807, 2.05) is 0 Å². The molecular formula is C12H13ClN2O2. The van der Waals surface area contributed by atoms with E-state index in [1.165, 1.54) is 5.57 Å². The number of carboxylic acids is 1. The number of aromatic carboxylic acids is 1. The summed E-state index contributed by atoms with van der Waals surface area (Å²) in [4.78, 5) is 17.1. The highest BCUT2D eigenvalue weighted by molar-refractivity contribution is 6.33. The van der Waals surface area contributed by atoms with Crippen LogP contribution in [0.1, 0.15) is 23.8 Å². The number of rotatable bonds is 2. The van der Waals surface area contributed by atoms with Gasteiger partial charge in [-0.3, -0.25) is 0 Å². The van der Waals surface area contributed by atoms with E-state index in [0.717, 1.165) is 19.5 Å². The number of halogens is 1. The van der Waals surface area contributed by atoms with Crippen molar-refractivity contribution >= 4 is 23.4 Å². The molecule has 0 bridgehead atoms. The first-order valence-corrected chi connectivity index (χ1v) is 5.76. The Morgan fingerprint density at radius 3 is 2.94 bits per heavy atom. The van der Waals surface area contributed by atoms with E-state index < -0.39 is 5.97 Å². The predicted molar refractivity (Wildman–Crippen MR) is 66.8 cm³/mol. The zero-order valence-electron chi connectivity index (χ0n) is 9.48. The summed E-state index contributed by atoms with van der Waals surface area (Å²) in [5.41, 5.74) is 1.18. The first-order chi connectivity index (χ1) is 8.08. The molecule has 1 N–H and O–H groups in total. The Morgan fingerprint density at radius 2 is 2.29 bits per heavy atom. The van der Waals surface area contributed by atoms with Crippen LogP contribution in [0.15, 0.2) is 23.8 Å². The van der Waals surface area contributed by atoms with Gasteiger partial charge in [0, 0.05) is 13.1 Å². The molecule has 0 radical (unpaired) electrons. The standard InChI is InChI=1S/C12H13ClN2O2/c1-8-3-2-6-15(7-8)10-5-4-9(13)11(14-10)12(16)17/h3-5H,2,6-7H2,1H3,(H,16,17). The second-order valence-electron chi connectivity index (χ2n) is 4.07. The van der Waals surface area contributed by atoms with Gasteiger partial charge in [-0.15, -0.1) is 0 Å². The highest BCUT2D eigenvalue weighted by atomic mass is 35.5. The molecular weight excluding hydrogens is 240 g/mol. The molecule has 0 saturated carbocycles. The molecule has 1 aliphatic rings. The Morgan fingerprint density at radius 1 is 1.53 bits per heavy atom. The van der Waals surface area contributed by atoms with E-state index in [1.54, 1.807) is 12.1 Å². The summed E-state index contributed by atoms with van der Waals surface area (Å²) in [6.45, 7) is 3.69. The fourth-order valence-corrected chi connectivity index (χ4v) is 2.05. The van der Waals surface area contributed by atoms with Crippen molar-refractivity contribution in [1.29, 1.82) is 0 Å². The van der Waals surface area contributed by atoms with Crippen LogP contribution in [0.2, 0.25) is 5.02 Å². The van der Waals surface area contributed by atoms with Crippen molar-refractivity contribution in [3.05, 3.63) is 34.5 Å². The van der Waals surface area contributed by atoms with E-state index in [2.05, 4.69) is 22.9 Å². The highest BCUT2D eigenvalue weighted by Crippen LogP contribution is 2.22. The maximum Gasteiger partial charge on any atom is 0.356 e. The summed E-state index contributed by atoms with van der Waals surface area (Å²) in [6.07, 6.45) is 3.14. The second kappa shape index (κ2) is 4.75. The van der Waals surface area contributed by atoms with Crippen molar-refractivity contribution in [1.82, 2.24) is 4.98 Å². The molecule has 1 aromatic heterocycles. The van der Waals surface area contributed by atoms with Gasteiger partial charge >= 0.3 is 5.97 Å². The SMILES string of the molecule is CC1=CCCN(c2ccc(Cl)c(C(=O)O)n2)C1. The van der Waals surface area contributed by atoms with Gasteiger partial charge in [0.15, 0.2) is 5.69 Å². The Kier molecular flexibility index (Phi) is 3.33. The van der Waals surface area contributed by atoms with Gasteiger partial charge in [-0.1, -0.05) is 23.3 Å². The van der Waals surface area contributed by atoms with Gasteiger partial charge in [-0.2, -0.15) is 0 Å². The van der Waals surface area contributed by atoms with E-state index in [9.17, 15) is 4.79 Å². The highest BCUT2D eigenvalue weighted by Gasteiger charge is 2.16. The van der Waals surface area contributed by atoms with Gasteiger partial charge < -0.3 is 10.0 Å². The molecule has 0 aromatic carbocycles. The quantitative estimate of drug-likeness (QED) is 0.822. The molecule has 2 heterocycles. The molecule has 4 nitrogen and oxygen atoms in total. The molecule has 0 fully saturated rings. The topological polar surface area (TPSA) is 53.4 Å². The summed E-state index contributed by atoms with van der Waals surface area (Å²) in [5, 5.41) is 9.14. The number of pyridine rings is 1. The smallest absolute Gasteiger partial charge is 0.356 e. The Bertz CT molecular complexity index is 485. The lowest BCUT2D eigenvalue weighted by Gasteiger charge is -2.27. The molecule has 0 amide bonds. The van der Waals surface area contributed by atoms with Crippen LogP contribution in [0, 0.1) is 0 Å². The molecule has 90 valence electrons. The van der Waals surface area contributed by atoms with Gasteiger partial charge in [0.2, 0.25) is 0 Å². The average molecular weight is 253 g/mol. The maximum atomic E-state index is 10.9. The molecule has 17 heavy (non-hydrogen) atoms. The minimum absolute atomic E-state index is 0.0867. The van der Waals surface area contributed by atoms with Crippen LogP contribution >= 0.6 is 11.6 Å². The van der Waals surface area contributed by atoms with Crippen molar-refractivity contribution in [3.8, 4) is 0 Å². The fourth-order valence-electron chi connectivity index (χ4n) is 1.86. The van der Waals surface area contributed by atoms with E-state index in [0.29, 0.717) is 5.82 Å². The molecule has 1 aromatic rings. The van der Waals surface area contributed by atoms with E-state index in [-0.39, 0.29) is 10.7 Å². The van der Waals surface area contributed by atoms with Crippen molar-refractivity contribution in [2.45, 2.75) is 13.3 Å². The first-order valence-electron chi connectivity index (χ1n) is 5.38. The molecule has 0 aliphatic carbocycles. The minimum atomic E-state index is -1.10. The lowest BCUT2D eigenvalue weighted by Crippen LogP contribution is -2.30. The molecule has 5 heteroatoms. The molecule has 2 rings (SSSR count). The predicted octanol–water partition coefficient (Wildman–Crippen LogP) is 2.59. The number of hydrogen-bond acceptors (Lipinski definition) is 3. The Hall–Kier alpha value is -1.55. The van der Waals surface area contributed by atoms with Gasteiger partial charge in [-0.05, 0) is 25.5 Å². The first kappa shape index (κ1) is 11.9. The second-order valence-corrected chi connectivity index (χ2v) is 4.47. The number of carboxylic acid groups (broad SMARTS) is 1. The fraction of sp³-hybridized carbons (Fsp3) is 0.333. The summed E-state index contributed by atoms with van der Waals surface area (Å²) in [6, 6.07) is 3.34. The average Bonchev–Trinajstić information content (AvgIpc) is 2.29. The van der Waals surface area contributed by atoms with E-state index in [4.69, 9.17) is 16.7 Å².